The molecule has 0 N–H and O–H groups in total. The van der Waals surface area contributed by atoms with Crippen molar-refractivity contribution in [3.63, 3.8) is 0 Å². The molecule has 0 aromatic heterocycles. The topological polar surface area (TPSA) is 27.7 Å². The number of ether oxygens (including phenoxy) is 3. The van der Waals surface area contributed by atoms with Gasteiger partial charge in [-0.3, -0.25) is 0 Å². The Hall–Kier alpha value is -2.57. The van der Waals surface area contributed by atoms with Crippen LogP contribution in [0.5, 0.6) is 5.75 Å². The molecule has 3 aromatic carbocycles. The molecule has 3 nitrogen and oxygen atoms in total. The first-order valence-corrected chi connectivity index (χ1v) is 13.0. The number of rotatable bonds is 12. The number of benzene rings is 3. The molecule has 0 saturated carbocycles. The zero-order valence-electron chi connectivity index (χ0n) is 20.9. The quantitative estimate of drug-likeness (QED) is 0.234. The van der Waals surface area contributed by atoms with E-state index >= 15 is 4.39 Å². The van der Waals surface area contributed by atoms with Gasteiger partial charge in [0.2, 0.25) is 0 Å². The van der Waals surface area contributed by atoms with Gasteiger partial charge in [0.05, 0.1) is 13.2 Å². The van der Waals surface area contributed by atoms with Crippen LogP contribution in [0.2, 0.25) is 0 Å². The molecule has 194 valence electrons. The van der Waals surface area contributed by atoms with Crippen LogP contribution >= 0.6 is 0 Å². The fourth-order valence-electron chi connectivity index (χ4n) is 4.75. The maximum absolute atomic E-state index is 15.2. The van der Waals surface area contributed by atoms with E-state index < -0.39 is 12.9 Å². The van der Waals surface area contributed by atoms with Crippen LogP contribution in [-0.4, -0.2) is 19.8 Å². The van der Waals surface area contributed by atoms with Gasteiger partial charge in [-0.1, -0.05) is 75.4 Å². The summed E-state index contributed by atoms with van der Waals surface area (Å²) in [5.74, 6) is 0.326. The van der Waals surface area contributed by atoms with Crippen molar-refractivity contribution < 1.29 is 27.4 Å². The Bertz CT molecular complexity index is 1090. The summed E-state index contributed by atoms with van der Waals surface area (Å²) in [5, 5.41) is 1.38. The zero-order valence-corrected chi connectivity index (χ0v) is 20.9. The summed E-state index contributed by atoms with van der Waals surface area (Å²) in [6.07, 6.45) is 8.18. The summed E-state index contributed by atoms with van der Waals surface area (Å²) in [7, 11) is 0. The highest BCUT2D eigenvalue weighted by molar-refractivity contribution is 5.84. The predicted octanol–water partition coefficient (Wildman–Crippen LogP) is 8.39. The van der Waals surface area contributed by atoms with Gasteiger partial charge in [0.1, 0.15) is 11.6 Å². The molecule has 3 aromatic rings. The number of unbranched alkanes of at least 4 members (excludes halogenated alkanes) is 4. The highest BCUT2D eigenvalue weighted by atomic mass is 19.3. The number of halogens is 3. The van der Waals surface area contributed by atoms with E-state index in [-0.39, 0.29) is 11.6 Å². The molecule has 0 atom stereocenters. The van der Waals surface area contributed by atoms with Gasteiger partial charge < -0.3 is 14.2 Å². The van der Waals surface area contributed by atoms with Gasteiger partial charge in [0.25, 0.3) is 0 Å². The van der Waals surface area contributed by atoms with Gasteiger partial charge in [-0.15, -0.1) is 0 Å². The number of aryl methyl sites for hydroxylation is 2. The molecule has 1 heterocycles. The average Bonchev–Trinajstić information content (AvgIpc) is 2.89. The highest BCUT2D eigenvalue weighted by Crippen LogP contribution is 2.31. The van der Waals surface area contributed by atoms with Crippen molar-refractivity contribution in [2.75, 3.05) is 13.2 Å². The van der Waals surface area contributed by atoms with E-state index in [0.717, 1.165) is 22.9 Å². The van der Waals surface area contributed by atoms with Crippen molar-refractivity contribution in [2.45, 2.75) is 71.2 Å². The Morgan fingerprint density at radius 2 is 1.64 bits per heavy atom. The molecular formula is C30H35F3O3. The molecule has 0 radical (unpaired) electrons. The van der Waals surface area contributed by atoms with Crippen molar-refractivity contribution in [3.8, 4) is 5.75 Å². The zero-order chi connectivity index (χ0) is 25.3. The Labute approximate surface area is 211 Å². The molecule has 1 fully saturated rings. The third kappa shape index (κ3) is 7.23. The van der Waals surface area contributed by atoms with Crippen LogP contribution in [0.15, 0.2) is 54.6 Å². The molecule has 0 amide bonds. The lowest BCUT2D eigenvalue weighted by Crippen LogP contribution is -2.27. The lowest BCUT2D eigenvalue weighted by Gasteiger charge is -2.30. The van der Waals surface area contributed by atoms with Crippen molar-refractivity contribution in [3.05, 3.63) is 77.1 Å². The second kappa shape index (κ2) is 13.1. The van der Waals surface area contributed by atoms with E-state index in [0.29, 0.717) is 42.9 Å². The monoisotopic (exact) mass is 500 g/mol. The van der Waals surface area contributed by atoms with E-state index in [1.54, 1.807) is 18.2 Å². The van der Waals surface area contributed by atoms with Crippen LogP contribution in [0, 0.1) is 11.7 Å². The third-order valence-corrected chi connectivity index (χ3v) is 6.84. The van der Waals surface area contributed by atoms with E-state index in [1.807, 2.05) is 24.3 Å². The normalized spacial score (nSPS) is 18.1. The molecule has 0 aliphatic carbocycles. The molecule has 0 bridgehead atoms. The molecule has 4 rings (SSSR count). The van der Waals surface area contributed by atoms with Crippen LogP contribution < -0.4 is 4.74 Å². The summed E-state index contributed by atoms with van der Waals surface area (Å²) in [6, 6.07) is 15.8. The van der Waals surface area contributed by atoms with Gasteiger partial charge in [-0.25, -0.2) is 4.39 Å². The third-order valence-electron chi connectivity index (χ3n) is 6.84. The first-order valence-electron chi connectivity index (χ1n) is 13.0. The molecular weight excluding hydrogens is 465 g/mol. The van der Waals surface area contributed by atoms with Gasteiger partial charge >= 0.3 is 6.61 Å². The van der Waals surface area contributed by atoms with Crippen LogP contribution in [0.1, 0.15) is 68.4 Å². The van der Waals surface area contributed by atoms with Crippen molar-refractivity contribution >= 4 is 10.8 Å². The van der Waals surface area contributed by atoms with Gasteiger partial charge in [-0.2, -0.15) is 8.78 Å². The second-order valence-electron chi connectivity index (χ2n) is 9.61. The highest BCUT2D eigenvalue weighted by Gasteiger charge is 2.23. The van der Waals surface area contributed by atoms with E-state index in [1.165, 1.54) is 44.2 Å². The minimum atomic E-state index is -2.85. The Morgan fingerprint density at radius 1 is 0.889 bits per heavy atom. The molecule has 1 saturated heterocycles. The lowest BCUT2D eigenvalue weighted by atomic mass is 9.98. The largest absolute Gasteiger partial charge is 0.435 e. The molecule has 1 aliphatic rings. The Morgan fingerprint density at radius 3 is 2.36 bits per heavy atom. The summed E-state index contributed by atoms with van der Waals surface area (Å²) in [4.78, 5) is 0. The van der Waals surface area contributed by atoms with Crippen LogP contribution in [0.4, 0.5) is 13.2 Å². The maximum Gasteiger partial charge on any atom is 0.387 e. The fourth-order valence-corrected chi connectivity index (χ4v) is 4.75. The minimum absolute atomic E-state index is 0.116. The Balaban J connectivity index is 1.32. The van der Waals surface area contributed by atoms with E-state index in [2.05, 4.69) is 11.7 Å². The molecule has 0 unspecified atom stereocenters. The average molecular weight is 501 g/mol. The fraction of sp³-hybridized carbons (Fsp3) is 0.467. The lowest BCUT2D eigenvalue weighted by molar-refractivity contribution is -0.206. The predicted molar refractivity (Wildman–Crippen MR) is 136 cm³/mol. The first-order chi connectivity index (χ1) is 17.5. The van der Waals surface area contributed by atoms with Gasteiger partial charge in [-0.05, 0) is 54.0 Å². The van der Waals surface area contributed by atoms with Crippen LogP contribution in [0.3, 0.4) is 0 Å². The SMILES string of the molecule is CCCCCCCC1COC(c2ccc3c(F)c(CCc4ccc(OC(F)F)cc4)ccc3c2)OC1. The summed E-state index contributed by atoms with van der Waals surface area (Å²) < 4.78 is 56.2. The molecule has 0 spiro atoms. The molecule has 1 aliphatic heterocycles. The summed E-state index contributed by atoms with van der Waals surface area (Å²) in [5.41, 5.74) is 2.45. The van der Waals surface area contributed by atoms with Crippen LogP contribution in [-0.2, 0) is 22.3 Å². The minimum Gasteiger partial charge on any atom is -0.435 e. The van der Waals surface area contributed by atoms with Crippen molar-refractivity contribution in [1.29, 1.82) is 0 Å². The van der Waals surface area contributed by atoms with Crippen molar-refractivity contribution in [1.82, 2.24) is 0 Å². The van der Waals surface area contributed by atoms with Gasteiger partial charge in [0.15, 0.2) is 6.29 Å². The molecule has 6 heteroatoms. The van der Waals surface area contributed by atoms with Crippen molar-refractivity contribution in [2.24, 2.45) is 5.92 Å². The van der Waals surface area contributed by atoms with Crippen LogP contribution in [0.25, 0.3) is 10.8 Å². The van der Waals surface area contributed by atoms with E-state index in [4.69, 9.17) is 9.47 Å². The summed E-state index contributed by atoms with van der Waals surface area (Å²) >= 11 is 0. The number of hydrogen-bond acceptors (Lipinski definition) is 3. The standard InChI is InChI=1S/C30H35F3O3/c1-2-3-4-5-6-7-22-19-34-29(35-20-22)25-14-17-27-24(18-25)13-12-23(28(27)31)11-8-21-9-15-26(16-10-21)36-30(32)33/h9-10,12-18,22,29-30H,2-8,11,19-20H2,1H3. The smallest absolute Gasteiger partial charge is 0.387 e. The number of hydrogen-bond donors (Lipinski definition) is 0. The Kier molecular flexibility index (Phi) is 9.65. The number of fused-ring (bicyclic) bond motifs is 1. The van der Waals surface area contributed by atoms with Gasteiger partial charge in [0, 0.05) is 16.9 Å². The van der Waals surface area contributed by atoms with E-state index in [9.17, 15) is 8.78 Å². The first kappa shape index (κ1) is 26.5. The summed E-state index contributed by atoms with van der Waals surface area (Å²) in [6.45, 7) is 0.767. The number of alkyl halides is 2. The molecule has 36 heavy (non-hydrogen) atoms. The maximum atomic E-state index is 15.2. The second-order valence-corrected chi connectivity index (χ2v) is 9.61.